The van der Waals surface area contributed by atoms with Gasteiger partial charge in [0, 0.05) is 18.6 Å². The fraction of sp³-hybridized carbons (Fsp3) is 0.529. The Kier molecular flexibility index (Phi) is 3.91. The van der Waals surface area contributed by atoms with E-state index in [1.807, 2.05) is 12.1 Å². The molecule has 21 heavy (non-hydrogen) atoms. The van der Waals surface area contributed by atoms with Gasteiger partial charge in [0.15, 0.2) is 0 Å². The van der Waals surface area contributed by atoms with Crippen LogP contribution in [0.25, 0.3) is 0 Å². The quantitative estimate of drug-likeness (QED) is 0.838. The van der Waals surface area contributed by atoms with Gasteiger partial charge in [0.2, 0.25) is 0 Å². The minimum absolute atomic E-state index is 0.318. The lowest BCUT2D eigenvalue weighted by molar-refractivity contribution is 0.207. The molecule has 3 rings (SSSR count). The molecule has 0 radical (unpaired) electrons. The number of nitrogens with one attached hydrogen (secondary N) is 1. The maximum atomic E-state index is 10.3. The number of phenols is 1. The first-order valence-electron chi connectivity index (χ1n) is 7.83. The van der Waals surface area contributed by atoms with Gasteiger partial charge in [-0.2, -0.15) is 5.01 Å². The summed E-state index contributed by atoms with van der Waals surface area (Å²) in [6, 6.07) is 6.71. The second-order valence-corrected chi connectivity index (χ2v) is 6.45. The molecule has 2 N–H and O–H groups in total. The van der Waals surface area contributed by atoms with Gasteiger partial charge in [-0.15, -0.1) is 0 Å². The van der Waals surface area contributed by atoms with Crippen molar-refractivity contribution in [1.82, 2.24) is 10.4 Å². The first-order valence-corrected chi connectivity index (χ1v) is 7.83. The molecule has 2 atom stereocenters. The molecule has 2 unspecified atom stereocenters. The van der Waals surface area contributed by atoms with Crippen molar-refractivity contribution < 1.29 is 5.11 Å². The van der Waals surface area contributed by atoms with E-state index >= 15 is 0 Å². The first-order chi connectivity index (χ1) is 10.1. The predicted octanol–water partition coefficient (Wildman–Crippen LogP) is 3.13. The predicted molar refractivity (Wildman–Crippen MR) is 86.0 cm³/mol. The summed E-state index contributed by atoms with van der Waals surface area (Å²) < 4.78 is 0. The first kappa shape index (κ1) is 14.4. The lowest BCUT2D eigenvalue weighted by Gasteiger charge is -2.34. The maximum Gasteiger partial charge on any atom is 0.141 e. The minimum atomic E-state index is 0.318. The van der Waals surface area contributed by atoms with E-state index in [4.69, 9.17) is 0 Å². The molecule has 2 fully saturated rings. The molecule has 1 aliphatic heterocycles. The molecule has 1 aromatic rings. The molecule has 114 valence electrons. The smallest absolute Gasteiger partial charge is 0.141 e. The molecule has 1 aromatic carbocycles. The van der Waals surface area contributed by atoms with Crippen molar-refractivity contribution in [3.05, 3.63) is 35.9 Å². The van der Waals surface area contributed by atoms with Crippen molar-refractivity contribution in [2.24, 2.45) is 0 Å². The Morgan fingerprint density at radius 2 is 2.14 bits per heavy atom. The lowest BCUT2D eigenvalue weighted by Crippen LogP contribution is -2.45. The summed E-state index contributed by atoms with van der Waals surface area (Å²) in [5, 5.41) is 14.6. The highest BCUT2D eigenvalue weighted by molar-refractivity contribution is 5.58. The number of aromatic hydroxyl groups is 1. The van der Waals surface area contributed by atoms with E-state index in [1.54, 1.807) is 6.07 Å². The Morgan fingerprint density at radius 3 is 2.90 bits per heavy atom. The summed E-state index contributed by atoms with van der Waals surface area (Å²) in [5.74, 6) is 0.318. The number of benzene rings is 1. The average Bonchev–Trinajstić information content (AvgIpc) is 2.80. The SMILES string of the molecule is C=C(C)CN1C2CCCCC2NN1c1cc(C)ccc1O. The summed E-state index contributed by atoms with van der Waals surface area (Å²) in [7, 11) is 0. The molecule has 0 aromatic heterocycles. The zero-order valence-corrected chi connectivity index (χ0v) is 13.0. The van der Waals surface area contributed by atoms with Crippen LogP contribution in [0.4, 0.5) is 5.69 Å². The fourth-order valence-corrected chi connectivity index (χ4v) is 3.47. The zero-order valence-electron chi connectivity index (χ0n) is 13.0. The Balaban J connectivity index is 1.94. The second kappa shape index (κ2) is 5.70. The van der Waals surface area contributed by atoms with Crippen LogP contribution in [0, 0.1) is 6.92 Å². The monoisotopic (exact) mass is 287 g/mol. The topological polar surface area (TPSA) is 38.7 Å². The summed E-state index contributed by atoms with van der Waals surface area (Å²) in [6.07, 6.45) is 4.96. The number of fused-ring (bicyclic) bond motifs is 1. The van der Waals surface area contributed by atoms with E-state index in [0.29, 0.717) is 17.8 Å². The number of hydrazine groups is 2. The van der Waals surface area contributed by atoms with Gasteiger partial charge in [-0.3, -0.25) is 0 Å². The van der Waals surface area contributed by atoms with Crippen LogP contribution in [0.3, 0.4) is 0 Å². The van der Waals surface area contributed by atoms with Crippen molar-refractivity contribution in [3.63, 3.8) is 0 Å². The van der Waals surface area contributed by atoms with Gasteiger partial charge in [0.05, 0.1) is 0 Å². The van der Waals surface area contributed by atoms with Gasteiger partial charge in [0.25, 0.3) is 0 Å². The molecule has 0 amide bonds. The fourth-order valence-electron chi connectivity index (χ4n) is 3.47. The third-order valence-corrected chi connectivity index (χ3v) is 4.45. The number of anilines is 1. The van der Waals surface area contributed by atoms with Gasteiger partial charge in [0.1, 0.15) is 11.4 Å². The number of nitrogens with zero attached hydrogens (tertiary/aromatic N) is 2. The van der Waals surface area contributed by atoms with Crippen molar-refractivity contribution in [2.45, 2.75) is 51.6 Å². The van der Waals surface area contributed by atoms with Crippen LogP contribution in [0.15, 0.2) is 30.4 Å². The van der Waals surface area contributed by atoms with Crippen LogP contribution < -0.4 is 10.5 Å². The van der Waals surface area contributed by atoms with Gasteiger partial charge < -0.3 is 5.11 Å². The van der Waals surface area contributed by atoms with Crippen LogP contribution in [-0.4, -0.2) is 28.7 Å². The van der Waals surface area contributed by atoms with Crippen LogP contribution in [0.2, 0.25) is 0 Å². The van der Waals surface area contributed by atoms with Crippen molar-refractivity contribution in [3.8, 4) is 5.75 Å². The highest BCUT2D eigenvalue weighted by Gasteiger charge is 2.41. The van der Waals surface area contributed by atoms with Gasteiger partial charge in [-0.1, -0.05) is 31.1 Å². The van der Waals surface area contributed by atoms with E-state index in [0.717, 1.165) is 23.4 Å². The van der Waals surface area contributed by atoms with E-state index in [9.17, 15) is 5.11 Å². The third kappa shape index (κ3) is 2.78. The van der Waals surface area contributed by atoms with Gasteiger partial charge in [-0.25, -0.2) is 10.5 Å². The van der Waals surface area contributed by atoms with Crippen LogP contribution in [0.5, 0.6) is 5.75 Å². The van der Waals surface area contributed by atoms with E-state index in [2.05, 4.69) is 36.0 Å². The minimum Gasteiger partial charge on any atom is -0.506 e. The van der Waals surface area contributed by atoms with Crippen molar-refractivity contribution in [2.75, 3.05) is 11.7 Å². The Bertz CT molecular complexity index is 543. The van der Waals surface area contributed by atoms with Gasteiger partial charge >= 0.3 is 0 Å². The summed E-state index contributed by atoms with van der Waals surface area (Å²) in [6.45, 7) is 9.00. The molecule has 1 saturated carbocycles. The van der Waals surface area contributed by atoms with Crippen LogP contribution >= 0.6 is 0 Å². The Morgan fingerprint density at radius 1 is 1.38 bits per heavy atom. The third-order valence-electron chi connectivity index (χ3n) is 4.45. The molecule has 0 spiro atoms. The van der Waals surface area contributed by atoms with Crippen molar-refractivity contribution in [1.29, 1.82) is 0 Å². The van der Waals surface area contributed by atoms with Crippen molar-refractivity contribution >= 4 is 5.69 Å². The highest BCUT2D eigenvalue weighted by atomic mass is 16.3. The Hall–Kier alpha value is -1.52. The molecule has 2 aliphatic rings. The second-order valence-electron chi connectivity index (χ2n) is 6.45. The normalized spacial score (nSPS) is 25.9. The average molecular weight is 287 g/mol. The number of phenolic OH excluding ortho intramolecular Hbond substituents is 1. The molecule has 1 saturated heterocycles. The van der Waals surface area contributed by atoms with Crippen LogP contribution in [0.1, 0.15) is 38.2 Å². The number of hydrogen-bond donors (Lipinski definition) is 2. The lowest BCUT2D eigenvalue weighted by atomic mass is 9.91. The zero-order chi connectivity index (χ0) is 15.0. The molecular formula is C17H25N3O. The standard InChI is InChI=1S/C17H25N3O/c1-12(2)11-19-15-7-5-4-6-14(15)18-20(19)16-10-13(3)8-9-17(16)21/h8-10,14-15,18,21H,1,4-7,11H2,2-3H3. The van der Waals surface area contributed by atoms with Crippen LogP contribution in [-0.2, 0) is 0 Å². The maximum absolute atomic E-state index is 10.3. The molecule has 4 heteroatoms. The Labute approximate surface area is 127 Å². The van der Waals surface area contributed by atoms with E-state index < -0.39 is 0 Å². The van der Waals surface area contributed by atoms with Gasteiger partial charge in [-0.05, 0) is 44.4 Å². The molecular weight excluding hydrogens is 262 g/mol. The highest BCUT2D eigenvalue weighted by Crippen LogP contribution is 2.36. The number of aryl methyl sites for hydroxylation is 1. The number of hydrogen-bond acceptors (Lipinski definition) is 4. The summed E-state index contributed by atoms with van der Waals surface area (Å²) in [5.41, 5.74) is 6.72. The summed E-state index contributed by atoms with van der Waals surface area (Å²) in [4.78, 5) is 0. The largest absolute Gasteiger partial charge is 0.506 e. The molecule has 0 bridgehead atoms. The molecule has 4 nitrogen and oxygen atoms in total. The summed E-state index contributed by atoms with van der Waals surface area (Å²) >= 11 is 0. The molecule has 1 aliphatic carbocycles. The number of rotatable bonds is 3. The van der Waals surface area contributed by atoms with E-state index in [1.165, 1.54) is 25.7 Å². The van der Waals surface area contributed by atoms with E-state index in [-0.39, 0.29) is 0 Å². The molecule has 1 heterocycles.